The van der Waals surface area contributed by atoms with Gasteiger partial charge in [0.2, 0.25) is 5.91 Å². The lowest BCUT2D eigenvalue weighted by Crippen LogP contribution is -2.11. The lowest BCUT2D eigenvalue weighted by atomic mass is 10.1. The van der Waals surface area contributed by atoms with E-state index in [0.717, 1.165) is 6.07 Å². The summed E-state index contributed by atoms with van der Waals surface area (Å²) in [6.45, 7) is 2.98. The molecule has 162 valence electrons. The quantitative estimate of drug-likeness (QED) is 0.635. The monoisotopic (exact) mass is 450 g/mol. The molecule has 3 rings (SSSR count). The minimum Gasteiger partial charge on any atom is -0.311 e. The number of alkyl halides is 3. The molecule has 0 spiro atoms. The van der Waals surface area contributed by atoms with E-state index in [0.29, 0.717) is 40.5 Å². The maximum absolute atomic E-state index is 12.7. The number of aromatic nitrogens is 3. The number of nitrogens with zero attached hydrogens (tertiary/aromatic N) is 3. The maximum Gasteiger partial charge on any atom is 0.433 e. The third-order valence-corrected chi connectivity index (χ3v) is 5.97. The number of hydrogen-bond donors (Lipinski definition) is 1. The fourth-order valence-corrected chi connectivity index (χ4v) is 4.12. The summed E-state index contributed by atoms with van der Waals surface area (Å²) in [6.07, 6.45) is -0.909. The third-order valence-electron chi connectivity index (χ3n) is 4.32. The molecule has 31 heavy (non-hydrogen) atoms. The first-order chi connectivity index (χ1) is 14.5. The smallest absolute Gasteiger partial charge is 0.311 e. The number of aryl methyl sites for hydroxylation is 1. The number of nitrogens with one attached hydrogen (secondary N) is 1. The van der Waals surface area contributed by atoms with Gasteiger partial charge in [-0.25, -0.2) is 13.4 Å². The summed E-state index contributed by atoms with van der Waals surface area (Å²) in [5.41, 5.74) is 0.925. The normalized spacial score (nSPS) is 11.9. The summed E-state index contributed by atoms with van der Waals surface area (Å²) in [7, 11) is -3.96. The van der Waals surface area contributed by atoms with Gasteiger partial charge >= 0.3 is 6.18 Å². The van der Waals surface area contributed by atoms with Crippen molar-refractivity contribution in [3.8, 4) is 11.1 Å². The highest BCUT2D eigenvalue weighted by Crippen LogP contribution is 2.29. The standard InChI is InChI=1S/C20H17F3N4O3S/c1-12-16(11-31(29,30)17-3-4-18(26-10-17)20(21,22)23)7-15(9-25-12)14-5-6-24-19(8-14)27-13(2)28/h3-10H,11H2,1-2H3,(H,24,27,28). The third kappa shape index (κ3) is 5.43. The molecule has 0 aliphatic heterocycles. The van der Waals surface area contributed by atoms with E-state index in [9.17, 15) is 26.4 Å². The second-order valence-electron chi connectivity index (χ2n) is 6.72. The van der Waals surface area contributed by atoms with Gasteiger partial charge in [0.05, 0.1) is 10.6 Å². The first-order valence-corrected chi connectivity index (χ1v) is 10.6. The molecule has 0 aromatic carbocycles. The van der Waals surface area contributed by atoms with Crippen LogP contribution in [0.1, 0.15) is 23.9 Å². The molecule has 3 heterocycles. The van der Waals surface area contributed by atoms with Crippen LogP contribution in [0.4, 0.5) is 19.0 Å². The van der Waals surface area contributed by atoms with Crippen LogP contribution in [0.25, 0.3) is 11.1 Å². The molecule has 1 amide bonds. The number of halogens is 3. The van der Waals surface area contributed by atoms with Crippen LogP contribution < -0.4 is 5.32 Å². The molecule has 0 saturated heterocycles. The second kappa shape index (κ2) is 8.42. The maximum atomic E-state index is 12.7. The fourth-order valence-electron chi connectivity index (χ4n) is 2.76. The van der Waals surface area contributed by atoms with Crippen molar-refractivity contribution < 1.29 is 26.4 Å². The zero-order valence-corrected chi connectivity index (χ0v) is 17.3. The van der Waals surface area contributed by atoms with Crippen LogP contribution in [-0.4, -0.2) is 29.3 Å². The summed E-state index contributed by atoms with van der Waals surface area (Å²) in [5, 5.41) is 2.56. The lowest BCUT2D eigenvalue weighted by molar-refractivity contribution is -0.141. The van der Waals surface area contributed by atoms with Gasteiger partial charge in [0.15, 0.2) is 9.84 Å². The van der Waals surface area contributed by atoms with E-state index in [-0.39, 0.29) is 10.8 Å². The minimum absolute atomic E-state index is 0.288. The largest absolute Gasteiger partial charge is 0.433 e. The Balaban J connectivity index is 1.91. The van der Waals surface area contributed by atoms with Gasteiger partial charge in [0.25, 0.3) is 0 Å². The number of anilines is 1. The van der Waals surface area contributed by atoms with Gasteiger partial charge in [-0.15, -0.1) is 0 Å². The topological polar surface area (TPSA) is 102 Å². The van der Waals surface area contributed by atoms with E-state index >= 15 is 0 Å². The molecule has 7 nitrogen and oxygen atoms in total. The average molecular weight is 450 g/mol. The number of carbonyl (C=O) groups excluding carboxylic acids is 1. The Morgan fingerprint density at radius 2 is 1.77 bits per heavy atom. The molecule has 3 aromatic rings. The SMILES string of the molecule is CC(=O)Nc1cc(-c2cnc(C)c(CS(=O)(=O)c3ccc(C(F)(F)F)nc3)c2)ccn1. The molecule has 0 radical (unpaired) electrons. The zero-order valence-electron chi connectivity index (χ0n) is 16.4. The molecule has 1 N–H and O–H groups in total. The minimum atomic E-state index is -4.65. The second-order valence-corrected chi connectivity index (χ2v) is 8.71. The highest BCUT2D eigenvalue weighted by atomic mass is 32.2. The first kappa shape index (κ1) is 22.3. The van der Waals surface area contributed by atoms with Gasteiger partial charge in [-0.1, -0.05) is 0 Å². The van der Waals surface area contributed by atoms with Gasteiger partial charge in [-0.3, -0.25) is 14.8 Å². The Labute approximate surface area is 176 Å². The fraction of sp³-hybridized carbons (Fsp3) is 0.200. The van der Waals surface area contributed by atoms with Crippen LogP contribution in [-0.2, 0) is 26.6 Å². The van der Waals surface area contributed by atoms with Gasteiger partial charge in [-0.05, 0) is 48.4 Å². The van der Waals surface area contributed by atoms with E-state index in [1.807, 2.05) is 0 Å². The van der Waals surface area contributed by atoms with Gasteiger partial charge in [0, 0.05) is 36.8 Å². The van der Waals surface area contributed by atoms with E-state index in [1.165, 1.54) is 13.1 Å². The highest BCUT2D eigenvalue weighted by molar-refractivity contribution is 7.90. The molecule has 0 saturated carbocycles. The number of sulfone groups is 1. The van der Waals surface area contributed by atoms with Crippen LogP contribution in [0.2, 0.25) is 0 Å². The summed E-state index contributed by atoms with van der Waals surface area (Å²) in [5.74, 6) is -0.421. The van der Waals surface area contributed by atoms with Crippen LogP contribution >= 0.6 is 0 Å². The molecule has 0 aliphatic carbocycles. The molecular formula is C20H17F3N4O3S. The van der Waals surface area contributed by atoms with Gasteiger partial charge < -0.3 is 5.32 Å². The Kier molecular flexibility index (Phi) is 6.07. The van der Waals surface area contributed by atoms with Crippen molar-refractivity contribution in [1.29, 1.82) is 0 Å². The Hall–Kier alpha value is -3.34. The van der Waals surface area contributed by atoms with Crippen molar-refractivity contribution >= 4 is 21.6 Å². The summed E-state index contributed by atoms with van der Waals surface area (Å²) in [4.78, 5) is 22.4. The summed E-state index contributed by atoms with van der Waals surface area (Å²) in [6, 6.07) is 6.45. The van der Waals surface area contributed by atoms with Crippen molar-refractivity contribution in [3.63, 3.8) is 0 Å². The lowest BCUT2D eigenvalue weighted by Gasteiger charge is -2.11. The van der Waals surface area contributed by atoms with E-state index in [1.54, 1.807) is 31.3 Å². The number of rotatable bonds is 5. The highest BCUT2D eigenvalue weighted by Gasteiger charge is 2.32. The van der Waals surface area contributed by atoms with Crippen molar-refractivity contribution in [2.75, 3.05) is 5.32 Å². The van der Waals surface area contributed by atoms with Crippen molar-refractivity contribution in [2.24, 2.45) is 0 Å². The molecular weight excluding hydrogens is 433 g/mol. The average Bonchev–Trinajstić information content (AvgIpc) is 2.69. The van der Waals surface area contributed by atoms with Crippen LogP contribution in [0.5, 0.6) is 0 Å². The van der Waals surface area contributed by atoms with E-state index in [2.05, 4.69) is 20.3 Å². The Morgan fingerprint density at radius 3 is 2.39 bits per heavy atom. The van der Waals surface area contributed by atoms with Gasteiger partial charge in [-0.2, -0.15) is 13.2 Å². The van der Waals surface area contributed by atoms with Crippen LogP contribution in [0.3, 0.4) is 0 Å². The zero-order chi connectivity index (χ0) is 22.8. The van der Waals surface area contributed by atoms with Crippen LogP contribution in [0.15, 0.2) is 53.8 Å². The summed E-state index contributed by atoms with van der Waals surface area (Å²) < 4.78 is 63.5. The predicted octanol–water partition coefficient (Wildman–Crippen LogP) is 3.80. The number of hydrogen-bond acceptors (Lipinski definition) is 6. The van der Waals surface area contributed by atoms with Crippen molar-refractivity contribution in [2.45, 2.75) is 30.7 Å². The summed E-state index contributed by atoms with van der Waals surface area (Å²) >= 11 is 0. The van der Waals surface area contributed by atoms with E-state index < -0.39 is 27.5 Å². The molecule has 0 unspecified atom stereocenters. The molecule has 0 fully saturated rings. The predicted molar refractivity (Wildman–Crippen MR) is 107 cm³/mol. The van der Waals surface area contributed by atoms with E-state index in [4.69, 9.17) is 0 Å². The molecule has 3 aromatic heterocycles. The number of pyridine rings is 3. The molecule has 0 atom stereocenters. The first-order valence-electron chi connectivity index (χ1n) is 8.91. The van der Waals surface area contributed by atoms with Crippen molar-refractivity contribution in [3.05, 3.63) is 65.9 Å². The molecule has 0 bridgehead atoms. The van der Waals surface area contributed by atoms with Crippen LogP contribution in [0, 0.1) is 6.92 Å². The Morgan fingerprint density at radius 1 is 1.03 bits per heavy atom. The Bertz CT molecular complexity index is 1230. The molecule has 11 heteroatoms. The van der Waals surface area contributed by atoms with Gasteiger partial charge in [0.1, 0.15) is 11.5 Å². The van der Waals surface area contributed by atoms with Crippen molar-refractivity contribution in [1.82, 2.24) is 15.0 Å². The number of amides is 1. The number of carbonyl (C=O) groups is 1. The molecule has 0 aliphatic rings.